The summed E-state index contributed by atoms with van der Waals surface area (Å²) in [5.74, 6) is 0.612. The first kappa shape index (κ1) is 22.1. The first-order valence-corrected chi connectivity index (χ1v) is 10.8. The van der Waals surface area contributed by atoms with Crippen LogP contribution in [0.15, 0.2) is 61.1 Å². The highest BCUT2D eigenvalue weighted by molar-refractivity contribution is 5.77. The Morgan fingerprint density at radius 2 is 1.79 bits per heavy atom. The van der Waals surface area contributed by atoms with Crippen LogP contribution in [0.3, 0.4) is 0 Å². The number of imidazole rings is 1. The molecule has 0 aliphatic carbocycles. The van der Waals surface area contributed by atoms with Crippen molar-refractivity contribution in [2.24, 2.45) is 5.73 Å². The van der Waals surface area contributed by atoms with Crippen LogP contribution in [0.1, 0.15) is 24.6 Å². The minimum absolute atomic E-state index is 0.327. The molecule has 0 radical (unpaired) electrons. The van der Waals surface area contributed by atoms with Crippen molar-refractivity contribution in [3.63, 3.8) is 0 Å². The zero-order chi connectivity index (χ0) is 23.5. The third-order valence-electron chi connectivity index (χ3n) is 5.30. The lowest BCUT2D eigenvalue weighted by Crippen LogP contribution is -2.50. The Balaban J connectivity index is 1.47. The Labute approximate surface area is 195 Å². The molecular weight excluding hydrogens is 437 g/mol. The molecule has 4 heterocycles. The maximum Gasteiger partial charge on any atom is 0.223 e. The molecule has 0 saturated carbocycles. The molecule has 9 nitrogen and oxygen atoms in total. The van der Waals surface area contributed by atoms with Gasteiger partial charge in [-0.3, -0.25) is 4.98 Å². The van der Waals surface area contributed by atoms with Crippen LogP contribution in [0.25, 0.3) is 22.6 Å². The molecule has 1 aliphatic heterocycles. The summed E-state index contributed by atoms with van der Waals surface area (Å²) in [4.78, 5) is 21.0. The van der Waals surface area contributed by atoms with Crippen LogP contribution in [0.4, 0.5) is 10.3 Å². The number of nitrogens with one attached hydrogen (secondary N) is 2. The minimum Gasteiger partial charge on any atom is -0.350 e. The highest BCUT2D eigenvalue weighted by atomic mass is 19.1. The molecule has 5 rings (SSSR count). The van der Waals surface area contributed by atoms with Crippen LogP contribution >= 0.6 is 0 Å². The Hall–Kier alpha value is -3.73. The zero-order valence-corrected chi connectivity index (χ0v) is 18.5. The molecule has 0 atom stereocenters. The topological polar surface area (TPSA) is 124 Å². The lowest BCUT2D eigenvalue weighted by atomic mass is 10.1. The van der Waals surface area contributed by atoms with Gasteiger partial charge in [0.05, 0.1) is 35.8 Å². The first-order valence-electron chi connectivity index (χ1n) is 10.8. The molecule has 0 amide bonds. The smallest absolute Gasteiger partial charge is 0.223 e. The van der Waals surface area contributed by atoms with E-state index in [1.165, 1.54) is 12.1 Å². The summed E-state index contributed by atoms with van der Waals surface area (Å²) in [6.45, 7) is 3.07. The van der Waals surface area contributed by atoms with E-state index in [0.29, 0.717) is 48.6 Å². The molecule has 1 fully saturated rings. The average molecular weight is 462 g/mol. The minimum atomic E-state index is -0.698. The number of halogens is 1. The fourth-order valence-corrected chi connectivity index (χ4v) is 3.55. The number of anilines is 1. The number of nitrogens with zero attached hydrogens (tertiary/aromatic N) is 4. The summed E-state index contributed by atoms with van der Waals surface area (Å²) in [6.07, 6.45) is 4.44. The van der Waals surface area contributed by atoms with E-state index in [2.05, 4.69) is 25.3 Å². The number of benzene rings is 1. The third-order valence-corrected chi connectivity index (χ3v) is 5.30. The molecule has 34 heavy (non-hydrogen) atoms. The fraction of sp³-hybridized carbons (Fsp3) is 0.250. The molecule has 1 aromatic carbocycles. The second kappa shape index (κ2) is 9.26. The van der Waals surface area contributed by atoms with E-state index in [-0.39, 0.29) is 5.82 Å². The van der Waals surface area contributed by atoms with Crippen LogP contribution in [-0.4, -0.2) is 43.7 Å². The van der Waals surface area contributed by atoms with Crippen molar-refractivity contribution in [3.8, 4) is 22.6 Å². The Bertz CT molecular complexity index is 1250. The number of nitrogens with two attached hydrogens (primary N) is 1. The molecule has 0 bridgehead atoms. The Morgan fingerprint density at radius 3 is 2.53 bits per heavy atom. The van der Waals surface area contributed by atoms with Gasteiger partial charge in [-0.25, -0.2) is 19.3 Å². The lowest BCUT2D eigenvalue weighted by Gasteiger charge is -2.33. The van der Waals surface area contributed by atoms with Crippen molar-refractivity contribution >= 4 is 5.95 Å². The maximum atomic E-state index is 13.6. The summed E-state index contributed by atoms with van der Waals surface area (Å²) < 4.78 is 25.2. The molecule has 4 aromatic rings. The number of H-pyrrole nitrogens is 1. The van der Waals surface area contributed by atoms with Gasteiger partial charge in [0.15, 0.2) is 5.82 Å². The summed E-state index contributed by atoms with van der Waals surface area (Å²) in [5, 5.41) is 3.22. The van der Waals surface area contributed by atoms with E-state index in [0.717, 1.165) is 11.1 Å². The summed E-state index contributed by atoms with van der Waals surface area (Å²) in [5.41, 5.74) is 9.17. The van der Waals surface area contributed by atoms with Gasteiger partial charge in [0, 0.05) is 30.7 Å². The highest BCUT2D eigenvalue weighted by Crippen LogP contribution is 2.33. The second-order valence-electron chi connectivity index (χ2n) is 8.44. The van der Waals surface area contributed by atoms with Gasteiger partial charge in [0.1, 0.15) is 5.82 Å². The summed E-state index contributed by atoms with van der Waals surface area (Å²) >= 11 is 0. The Kier molecular flexibility index (Phi) is 6.01. The van der Waals surface area contributed by atoms with Crippen molar-refractivity contribution in [3.05, 3.63) is 78.3 Å². The zero-order valence-electron chi connectivity index (χ0n) is 18.5. The van der Waals surface area contributed by atoms with Gasteiger partial charge in [-0.05, 0) is 55.0 Å². The van der Waals surface area contributed by atoms with E-state index in [9.17, 15) is 4.39 Å². The molecule has 0 unspecified atom stereocenters. The molecule has 1 aliphatic rings. The lowest BCUT2D eigenvalue weighted by molar-refractivity contribution is -0.211. The second-order valence-corrected chi connectivity index (χ2v) is 8.44. The van der Waals surface area contributed by atoms with Crippen molar-refractivity contribution in [1.82, 2.24) is 24.9 Å². The highest BCUT2D eigenvalue weighted by Gasteiger charge is 2.32. The van der Waals surface area contributed by atoms with Gasteiger partial charge >= 0.3 is 0 Å². The van der Waals surface area contributed by atoms with Crippen LogP contribution < -0.4 is 11.1 Å². The van der Waals surface area contributed by atoms with E-state index in [4.69, 9.17) is 20.2 Å². The number of aromatic amines is 1. The largest absolute Gasteiger partial charge is 0.350 e. The van der Waals surface area contributed by atoms with Gasteiger partial charge in [-0.15, -0.1) is 0 Å². The number of rotatable bonds is 6. The van der Waals surface area contributed by atoms with E-state index < -0.39 is 11.8 Å². The molecule has 10 heteroatoms. The van der Waals surface area contributed by atoms with Crippen LogP contribution in [0, 0.1) is 5.82 Å². The van der Waals surface area contributed by atoms with Crippen molar-refractivity contribution in [2.75, 3.05) is 18.5 Å². The maximum absolute atomic E-state index is 13.6. The number of ether oxygens (including phenoxy) is 2. The number of pyridine rings is 1. The van der Waals surface area contributed by atoms with E-state index in [1.807, 2.05) is 19.1 Å². The predicted octanol–water partition coefficient (Wildman–Crippen LogP) is 3.44. The van der Waals surface area contributed by atoms with Crippen LogP contribution in [0.5, 0.6) is 0 Å². The predicted molar refractivity (Wildman–Crippen MR) is 124 cm³/mol. The van der Waals surface area contributed by atoms with Gasteiger partial charge in [0.25, 0.3) is 0 Å². The SMILES string of the molecule is CC1(N)COC(c2nc(-c3ccc(F)cc3)c(-c3ccnc(NCc4ccncc4)n3)[nH]2)OC1. The quantitative estimate of drug-likeness (QED) is 0.399. The number of hydrogen-bond acceptors (Lipinski definition) is 8. The molecular formula is C24H24FN7O2. The standard InChI is InChI=1S/C24H24FN7O2/c1-24(26)13-33-22(34-14-24)21-31-19(16-2-4-17(25)5-3-16)20(32-21)18-8-11-28-23(30-18)29-12-15-6-9-27-10-7-15/h2-11,22H,12-14,26H2,1H3,(H,31,32)(H,28,29,30). The molecule has 3 aromatic heterocycles. The number of hydrogen-bond donors (Lipinski definition) is 3. The molecule has 0 spiro atoms. The van der Waals surface area contributed by atoms with Gasteiger partial charge in [0.2, 0.25) is 12.2 Å². The first-order chi connectivity index (χ1) is 16.5. The van der Waals surface area contributed by atoms with Crippen LogP contribution in [0.2, 0.25) is 0 Å². The van der Waals surface area contributed by atoms with E-state index in [1.54, 1.807) is 36.8 Å². The van der Waals surface area contributed by atoms with Crippen LogP contribution in [-0.2, 0) is 16.0 Å². The average Bonchev–Trinajstić information content (AvgIpc) is 3.29. The monoisotopic (exact) mass is 461 g/mol. The summed E-state index contributed by atoms with van der Waals surface area (Å²) in [6, 6.07) is 11.7. The third kappa shape index (κ3) is 4.93. The van der Waals surface area contributed by atoms with Crippen molar-refractivity contribution < 1.29 is 13.9 Å². The molecule has 174 valence electrons. The van der Waals surface area contributed by atoms with E-state index >= 15 is 0 Å². The summed E-state index contributed by atoms with van der Waals surface area (Å²) in [7, 11) is 0. The Morgan fingerprint density at radius 1 is 1.06 bits per heavy atom. The molecule has 1 saturated heterocycles. The van der Waals surface area contributed by atoms with Crippen molar-refractivity contribution in [2.45, 2.75) is 25.3 Å². The van der Waals surface area contributed by atoms with Gasteiger partial charge in [-0.1, -0.05) is 0 Å². The van der Waals surface area contributed by atoms with Gasteiger partial charge < -0.3 is 25.5 Å². The normalized spacial score (nSPS) is 20.3. The number of aromatic nitrogens is 5. The van der Waals surface area contributed by atoms with Crippen molar-refractivity contribution in [1.29, 1.82) is 0 Å². The molecule has 4 N–H and O–H groups in total. The van der Waals surface area contributed by atoms with Gasteiger partial charge in [-0.2, -0.15) is 0 Å². The fourth-order valence-electron chi connectivity index (χ4n) is 3.55.